The number of carboxylic acids is 1. The minimum Gasteiger partial charge on any atom is -0.478 e. The van der Waals surface area contributed by atoms with Crippen LogP contribution >= 0.6 is 0 Å². The summed E-state index contributed by atoms with van der Waals surface area (Å²) in [6, 6.07) is 3.63. The molecule has 0 radical (unpaired) electrons. The molecule has 5 nitrogen and oxygen atoms in total. The van der Waals surface area contributed by atoms with Crippen LogP contribution in [0.25, 0.3) is 0 Å². The Labute approximate surface area is 120 Å². The second-order valence-corrected chi connectivity index (χ2v) is 5.67. The van der Waals surface area contributed by atoms with Crippen LogP contribution in [0.15, 0.2) is 12.1 Å². The van der Waals surface area contributed by atoms with Crippen molar-refractivity contribution in [3.8, 4) is 0 Å². The van der Waals surface area contributed by atoms with Crippen LogP contribution in [0.4, 0.5) is 5.82 Å². The van der Waals surface area contributed by atoms with E-state index in [2.05, 4.69) is 29.2 Å². The summed E-state index contributed by atoms with van der Waals surface area (Å²) >= 11 is 0. The van der Waals surface area contributed by atoms with Gasteiger partial charge in [0.25, 0.3) is 0 Å². The van der Waals surface area contributed by atoms with Crippen molar-refractivity contribution in [2.75, 3.05) is 25.5 Å². The third-order valence-electron chi connectivity index (χ3n) is 3.93. The fourth-order valence-corrected chi connectivity index (χ4v) is 2.72. The molecule has 0 aromatic carbocycles. The quantitative estimate of drug-likeness (QED) is 0.882. The highest BCUT2D eigenvalue weighted by atomic mass is 16.4. The van der Waals surface area contributed by atoms with Gasteiger partial charge in [-0.15, -0.1) is 0 Å². The molecular weight excluding hydrogens is 254 g/mol. The summed E-state index contributed by atoms with van der Waals surface area (Å²) in [4.78, 5) is 18.0. The molecule has 1 aromatic rings. The summed E-state index contributed by atoms with van der Waals surface area (Å²) in [6.45, 7) is 6.31. The van der Waals surface area contributed by atoms with E-state index in [0.29, 0.717) is 23.3 Å². The molecule has 0 saturated carbocycles. The molecule has 2 rings (SSSR count). The van der Waals surface area contributed by atoms with Crippen LogP contribution < -0.4 is 5.32 Å². The molecule has 1 saturated heterocycles. The Bertz CT molecular complexity index is 490. The van der Waals surface area contributed by atoms with Crippen molar-refractivity contribution in [2.24, 2.45) is 5.92 Å². The molecule has 0 aliphatic carbocycles. The summed E-state index contributed by atoms with van der Waals surface area (Å²) < 4.78 is 0. The van der Waals surface area contributed by atoms with Gasteiger partial charge in [-0.3, -0.25) is 0 Å². The summed E-state index contributed by atoms with van der Waals surface area (Å²) in [5, 5.41) is 12.6. The minimum atomic E-state index is -0.901. The molecule has 20 heavy (non-hydrogen) atoms. The van der Waals surface area contributed by atoms with Crippen LogP contribution in [0.3, 0.4) is 0 Å². The number of nitrogens with one attached hydrogen (secondary N) is 1. The normalized spacial score (nSPS) is 23.6. The number of pyridine rings is 1. The smallest absolute Gasteiger partial charge is 0.335 e. The van der Waals surface area contributed by atoms with Gasteiger partial charge in [-0.25, -0.2) is 9.78 Å². The number of hydrogen-bond acceptors (Lipinski definition) is 4. The maximum Gasteiger partial charge on any atom is 0.335 e. The van der Waals surface area contributed by atoms with E-state index in [4.69, 9.17) is 5.11 Å². The Morgan fingerprint density at radius 1 is 1.55 bits per heavy atom. The van der Waals surface area contributed by atoms with Crippen molar-refractivity contribution in [1.29, 1.82) is 0 Å². The van der Waals surface area contributed by atoms with Gasteiger partial charge in [0.1, 0.15) is 5.82 Å². The molecule has 1 aromatic heterocycles. The van der Waals surface area contributed by atoms with Crippen molar-refractivity contribution in [1.82, 2.24) is 9.88 Å². The molecular formula is C15H23N3O2. The van der Waals surface area contributed by atoms with Gasteiger partial charge in [-0.1, -0.05) is 13.8 Å². The molecule has 0 bridgehead atoms. The number of rotatable bonds is 4. The number of anilines is 1. The summed E-state index contributed by atoms with van der Waals surface area (Å²) in [6.07, 6.45) is 1.79. The van der Waals surface area contributed by atoms with E-state index in [-0.39, 0.29) is 0 Å². The maximum atomic E-state index is 11.2. The van der Waals surface area contributed by atoms with Gasteiger partial charge in [-0.2, -0.15) is 0 Å². The SMILES string of the molecule is CCc1cc(C(=O)O)cc(NC2CCN(C)CC2C)n1. The predicted molar refractivity (Wildman–Crippen MR) is 79.3 cm³/mol. The van der Waals surface area contributed by atoms with Crippen LogP contribution in [0.5, 0.6) is 0 Å². The fraction of sp³-hybridized carbons (Fsp3) is 0.600. The molecule has 1 fully saturated rings. The zero-order chi connectivity index (χ0) is 14.7. The maximum absolute atomic E-state index is 11.2. The van der Waals surface area contributed by atoms with Gasteiger partial charge >= 0.3 is 5.97 Å². The number of aromatic nitrogens is 1. The van der Waals surface area contributed by atoms with E-state index in [9.17, 15) is 4.79 Å². The van der Waals surface area contributed by atoms with E-state index >= 15 is 0 Å². The lowest BCUT2D eigenvalue weighted by atomic mass is 9.94. The number of hydrogen-bond donors (Lipinski definition) is 2. The summed E-state index contributed by atoms with van der Waals surface area (Å²) in [5.41, 5.74) is 1.12. The lowest BCUT2D eigenvalue weighted by Gasteiger charge is -2.35. The molecule has 0 amide bonds. The molecule has 2 N–H and O–H groups in total. The van der Waals surface area contributed by atoms with Crippen LogP contribution in [0.2, 0.25) is 0 Å². The lowest BCUT2D eigenvalue weighted by molar-refractivity contribution is 0.0696. The molecule has 2 atom stereocenters. The number of likely N-dealkylation sites (tertiary alicyclic amines) is 1. The lowest BCUT2D eigenvalue weighted by Crippen LogP contribution is -2.43. The Balaban J connectivity index is 2.16. The highest BCUT2D eigenvalue weighted by molar-refractivity contribution is 5.88. The van der Waals surface area contributed by atoms with Crippen LogP contribution in [0.1, 0.15) is 36.3 Å². The molecule has 0 spiro atoms. The topological polar surface area (TPSA) is 65.5 Å². The van der Waals surface area contributed by atoms with E-state index in [0.717, 1.165) is 31.6 Å². The Kier molecular flexibility index (Phi) is 4.60. The van der Waals surface area contributed by atoms with E-state index in [1.807, 2.05) is 6.92 Å². The van der Waals surface area contributed by atoms with Gasteiger partial charge in [-0.05, 0) is 44.5 Å². The number of aryl methyl sites for hydroxylation is 1. The van der Waals surface area contributed by atoms with Crippen LogP contribution in [-0.4, -0.2) is 47.1 Å². The second kappa shape index (κ2) is 6.22. The van der Waals surface area contributed by atoms with Gasteiger partial charge in [0.05, 0.1) is 5.56 Å². The van der Waals surface area contributed by atoms with Crippen LogP contribution in [-0.2, 0) is 6.42 Å². The summed E-state index contributed by atoms with van der Waals surface area (Å²) in [5.74, 6) is 0.304. The molecule has 5 heteroatoms. The van der Waals surface area contributed by atoms with Crippen molar-refractivity contribution in [3.63, 3.8) is 0 Å². The van der Waals surface area contributed by atoms with Crippen LogP contribution in [0, 0.1) is 5.92 Å². The third-order valence-corrected chi connectivity index (χ3v) is 3.93. The Morgan fingerprint density at radius 2 is 2.30 bits per heavy atom. The predicted octanol–water partition coefficient (Wildman–Crippen LogP) is 2.09. The highest BCUT2D eigenvalue weighted by Crippen LogP contribution is 2.20. The highest BCUT2D eigenvalue weighted by Gasteiger charge is 2.24. The third kappa shape index (κ3) is 3.48. The van der Waals surface area contributed by atoms with Gasteiger partial charge in [0, 0.05) is 18.3 Å². The summed E-state index contributed by atoms with van der Waals surface area (Å²) in [7, 11) is 2.13. The Hall–Kier alpha value is -1.62. The molecule has 1 aliphatic heterocycles. The number of piperidine rings is 1. The van der Waals surface area contributed by atoms with Crippen molar-refractivity contribution >= 4 is 11.8 Å². The zero-order valence-electron chi connectivity index (χ0n) is 12.4. The molecule has 110 valence electrons. The largest absolute Gasteiger partial charge is 0.478 e. The Morgan fingerprint density at radius 3 is 2.90 bits per heavy atom. The monoisotopic (exact) mass is 277 g/mol. The molecule has 2 unspecified atom stereocenters. The second-order valence-electron chi connectivity index (χ2n) is 5.67. The van der Waals surface area contributed by atoms with Crippen molar-refractivity contribution in [2.45, 2.75) is 32.7 Å². The zero-order valence-corrected chi connectivity index (χ0v) is 12.4. The molecule has 2 heterocycles. The van der Waals surface area contributed by atoms with Crippen molar-refractivity contribution in [3.05, 3.63) is 23.4 Å². The number of carboxylic acid groups (broad SMARTS) is 1. The van der Waals surface area contributed by atoms with E-state index in [1.165, 1.54) is 0 Å². The first-order valence-corrected chi connectivity index (χ1v) is 7.19. The average molecular weight is 277 g/mol. The number of carbonyl (C=O) groups is 1. The van der Waals surface area contributed by atoms with Gasteiger partial charge in [0.15, 0.2) is 0 Å². The first kappa shape index (κ1) is 14.8. The fourth-order valence-electron chi connectivity index (χ4n) is 2.72. The minimum absolute atomic E-state index is 0.305. The van der Waals surface area contributed by atoms with E-state index in [1.54, 1.807) is 12.1 Å². The standard InChI is InChI=1S/C15H23N3O2/c1-4-12-7-11(15(19)20)8-14(16-12)17-13-5-6-18(3)9-10(13)2/h7-8,10,13H,4-6,9H2,1-3H3,(H,16,17)(H,19,20). The first-order valence-electron chi connectivity index (χ1n) is 7.19. The average Bonchev–Trinajstić information content (AvgIpc) is 2.41. The molecule has 1 aliphatic rings. The first-order chi connectivity index (χ1) is 9.49. The van der Waals surface area contributed by atoms with Gasteiger partial charge in [0.2, 0.25) is 0 Å². The number of nitrogens with zero attached hydrogens (tertiary/aromatic N) is 2. The van der Waals surface area contributed by atoms with Crippen molar-refractivity contribution < 1.29 is 9.90 Å². The van der Waals surface area contributed by atoms with Gasteiger partial charge < -0.3 is 15.3 Å². The van der Waals surface area contributed by atoms with E-state index < -0.39 is 5.97 Å². The number of aromatic carboxylic acids is 1.